The van der Waals surface area contributed by atoms with Crippen molar-refractivity contribution in [2.45, 2.75) is 46.1 Å². The number of methoxy groups -OCH3 is 2. The number of carbonyl (C=O) groups excluding carboxylic acids is 4. The SMILES string of the molecule is CC.COC(=O)c1cc(NC(=O)NCCCCN)cc(C(=O)OC)c1.NCCCCNC(=O)NCc1cc(=O)oc2cc3c(cc12)OCO3. The van der Waals surface area contributed by atoms with Gasteiger partial charge in [0.05, 0.1) is 25.3 Å². The molecule has 16 heteroatoms. The fraction of sp³-hybridized carbons (Fsp3) is 0.424. The Bertz CT molecular complexity index is 1580. The predicted octanol–water partition coefficient (Wildman–Crippen LogP) is 3.21. The summed E-state index contributed by atoms with van der Waals surface area (Å²) < 4.78 is 25.1. The van der Waals surface area contributed by atoms with E-state index in [9.17, 15) is 24.0 Å². The van der Waals surface area contributed by atoms with E-state index < -0.39 is 23.6 Å². The Morgan fingerprint density at radius 1 is 0.735 bits per heavy atom. The maximum atomic E-state index is 11.8. The minimum atomic E-state index is -0.623. The lowest BCUT2D eigenvalue weighted by Crippen LogP contribution is -2.35. The molecule has 0 saturated carbocycles. The summed E-state index contributed by atoms with van der Waals surface area (Å²) >= 11 is 0. The molecule has 0 spiro atoms. The smallest absolute Gasteiger partial charge is 0.337 e. The van der Waals surface area contributed by atoms with Crippen LogP contribution in [-0.4, -0.2) is 71.2 Å². The number of benzene rings is 2. The van der Waals surface area contributed by atoms with Gasteiger partial charge in [0, 0.05) is 42.8 Å². The first kappa shape index (κ1) is 39.8. The van der Waals surface area contributed by atoms with E-state index in [4.69, 9.17) is 25.4 Å². The van der Waals surface area contributed by atoms with Crippen molar-refractivity contribution in [1.82, 2.24) is 16.0 Å². The average molecular weight is 687 g/mol. The van der Waals surface area contributed by atoms with Gasteiger partial charge in [0.15, 0.2) is 11.5 Å². The van der Waals surface area contributed by atoms with Crippen molar-refractivity contribution in [2.24, 2.45) is 11.5 Å². The van der Waals surface area contributed by atoms with E-state index in [1.165, 1.54) is 38.5 Å². The minimum absolute atomic E-state index is 0.133. The van der Waals surface area contributed by atoms with Gasteiger partial charge in [0.25, 0.3) is 0 Å². The summed E-state index contributed by atoms with van der Waals surface area (Å²) in [7, 11) is 2.45. The monoisotopic (exact) mass is 686 g/mol. The van der Waals surface area contributed by atoms with Gasteiger partial charge in [0.1, 0.15) is 5.58 Å². The second-order valence-corrected chi connectivity index (χ2v) is 10.1. The van der Waals surface area contributed by atoms with Crippen molar-refractivity contribution in [2.75, 3.05) is 52.5 Å². The highest BCUT2D eigenvalue weighted by molar-refractivity contribution is 5.99. The van der Waals surface area contributed by atoms with Crippen LogP contribution in [0.2, 0.25) is 0 Å². The number of unbranched alkanes of at least 4 members (excludes halogenated alkanes) is 2. The number of esters is 2. The third-order valence-electron chi connectivity index (χ3n) is 6.63. The fourth-order valence-corrected chi connectivity index (χ4v) is 4.29. The van der Waals surface area contributed by atoms with E-state index in [-0.39, 0.29) is 36.2 Å². The van der Waals surface area contributed by atoms with Crippen LogP contribution < -0.4 is 47.8 Å². The second-order valence-electron chi connectivity index (χ2n) is 10.1. The molecule has 0 atom stereocenters. The summed E-state index contributed by atoms with van der Waals surface area (Å²) in [5.74, 6) is -0.124. The number of urea groups is 2. The highest BCUT2D eigenvalue weighted by Crippen LogP contribution is 2.36. The maximum absolute atomic E-state index is 11.8. The van der Waals surface area contributed by atoms with Crippen molar-refractivity contribution in [3.05, 3.63) is 63.5 Å². The summed E-state index contributed by atoms with van der Waals surface area (Å²) in [6.07, 6.45) is 3.26. The molecule has 2 aromatic carbocycles. The van der Waals surface area contributed by atoms with E-state index in [1.54, 1.807) is 12.1 Å². The topological polar surface area (TPSA) is 236 Å². The van der Waals surface area contributed by atoms with Crippen LogP contribution in [0.1, 0.15) is 65.8 Å². The van der Waals surface area contributed by atoms with Crippen molar-refractivity contribution in [3.8, 4) is 11.5 Å². The number of carbonyl (C=O) groups is 4. The molecule has 1 aliphatic rings. The first-order valence-corrected chi connectivity index (χ1v) is 15.8. The van der Waals surface area contributed by atoms with Crippen molar-refractivity contribution in [3.63, 3.8) is 0 Å². The molecule has 8 N–H and O–H groups in total. The van der Waals surface area contributed by atoms with Crippen LogP contribution in [0.25, 0.3) is 11.0 Å². The number of hydrogen-bond acceptors (Lipinski definition) is 12. The van der Waals surface area contributed by atoms with E-state index in [0.717, 1.165) is 25.7 Å². The van der Waals surface area contributed by atoms with Crippen LogP contribution in [0, 0.1) is 0 Å². The molecule has 1 aliphatic heterocycles. The fourth-order valence-electron chi connectivity index (χ4n) is 4.29. The molecule has 0 saturated heterocycles. The van der Waals surface area contributed by atoms with Crippen LogP contribution in [0.3, 0.4) is 0 Å². The first-order chi connectivity index (χ1) is 23.7. The zero-order chi connectivity index (χ0) is 36.2. The third kappa shape index (κ3) is 13.0. The maximum Gasteiger partial charge on any atom is 0.337 e. The summed E-state index contributed by atoms with van der Waals surface area (Å²) in [6.45, 7) is 6.53. The average Bonchev–Trinajstić information content (AvgIpc) is 3.57. The van der Waals surface area contributed by atoms with Gasteiger partial charge < -0.3 is 56.1 Å². The zero-order valence-electron chi connectivity index (χ0n) is 28.3. The number of fused-ring (bicyclic) bond motifs is 2. The third-order valence-corrected chi connectivity index (χ3v) is 6.63. The molecule has 1 aromatic heterocycles. The Labute approximate surface area is 284 Å². The number of ether oxygens (including phenoxy) is 4. The van der Waals surface area contributed by atoms with E-state index in [1.807, 2.05) is 13.8 Å². The Hall–Kier alpha value is -5.35. The van der Waals surface area contributed by atoms with Gasteiger partial charge in [0.2, 0.25) is 6.79 Å². The number of nitrogens with two attached hydrogens (primary N) is 2. The normalized spacial score (nSPS) is 10.8. The first-order valence-electron chi connectivity index (χ1n) is 15.8. The van der Waals surface area contributed by atoms with Gasteiger partial charge in [-0.3, -0.25) is 0 Å². The summed E-state index contributed by atoms with van der Waals surface area (Å²) in [4.78, 5) is 58.6. The molecule has 49 heavy (non-hydrogen) atoms. The molecule has 0 fully saturated rings. The van der Waals surface area contributed by atoms with Crippen LogP contribution in [0.15, 0.2) is 45.6 Å². The lowest BCUT2D eigenvalue weighted by molar-refractivity contribution is 0.0599. The number of hydrogen-bond donors (Lipinski definition) is 6. The van der Waals surface area contributed by atoms with Gasteiger partial charge in [-0.1, -0.05) is 13.8 Å². The predicted molar refractivity (Wildman–Crippen MR) is 183 cm³/mol. The molecule has 0 radical (unpaired) electrons. The standard InChI is InChI=1S/C16H19N3O5.C15H21N3O5.C2H6/c17-3-1-2-4-18-16(21)19-8-10-5-15(20)24-12-7-14-13(6-11(10)12)22-9-23-14;1-22-13(19)10-7-11(14(20)23-2)9-12(8-10)18-15(21)17-6-4-3-5-16;1-2/h5-7H,1-4,8-9,17H2,(H2,18,19,21);7-9H,3-6,16H2,1-2H3,(H2,17,18,21);1-2H3. The van der Waals surface area contributed by atoms with Crippen molar-refractivity contribution >= 4 is 40.7 Å². The Morgan fingerprint density at radius 2 is 1.29 bits per heavy atom. The summed E-state index contributed by atoms with van der Waals surface area (Å²) in [5.41, 5.74) is 11.9. The molecule has 0 aliphatic carbocycles. The van der Waals surface area contributed by atoms with Gasteiger partial charge in [-0.25, -0.2) is 24.0 Å². The van der Waals surface area contributed by atoms with Crippen LogP contribution in [0.4, 0.5) is 15.3 Å². The lowest BCUT2D eigenvalue weighted by Gasteiger charge is -2.10. The molecule has 16 nitrogen and oxygen atoms in total. The van der Waals surface area contributed by atoms with Gasteiger partial charge in [-0.2, -0.15) is 0 Å². The number of anilines is 1. The quantitative estimate of drug-likeness (QED) is 0.0864. The number of rotatable bonds is 13. The van der Waals surface area contributed by atoms with Gasteiger partial charge in [-0.15, -0.1) is 0 Å². The van der Waals surface area contributed by atoms with Crippen molar-refractivity contribution < 1.29 is 42.5 Å². The molecule has 4 rings (SSSR count). The zero-order valence-corrected chi connectivity index (χ0v) is 28.3. The largest absolute Gasteiger partial charge is 0.465 e. The molecular formula is C33H46N6O10. The Morgan fingerprint density at radius 3 is 1.84 bits per heavy atom. The van der Waals surface area contributed by atoms with E-state index >= 15 is 0 Å². The number of nitrogens with one attached hydrogen (secondary N) is 4. The van der Waals surface area contributed by atoms with Crippen LogP contribution in [-0.2, 0) is 16.0 Å². The molecule has 0 bridgehead atoms. The van der Waals surface area contributed by atoms with Gasteiger partial charge in [-0.05, 0) is 68.6 Å². The lowest BCUT2D eigenvalue weighted by atomic mass is 10.1. The van der Waals surface area contributed by atoms with Crippen LogP contribution >= 0.6 is 0 Å². The van der Waals surface area contributed by atoms with Crippen molar-refractivity contribution in [1.29, 1.82) is 0 Å². The molecule has 0 unspecified atom stereocenters. The Balaban J connectivity index is 0.000000324. The molecule has 268 valence electrons. The highest BCUT2D eigenvalue weighted by atomic mass is 16.7. The summed E-state index contributed by atoms with van der Waals surface area (Å²) in [5, 5.41) is 11.4. The van der Waals surface area contributed by atoms with E-state index in [2.05, 4.69) is 30.7 Å². The molecular weight excluding hydrogens is 640 g/mol. The molecule has 2 heterocycles. The van der Waals surface area contributed by atoms with Crippen LogP contribution in [0.5, 0.6) is 11.5 Å². The van der Waals surface area contributed by atoms with Gasteiger partial charge >= 0.3 is 29.6 Å². The minimum Gasteiger partial charge on any atom is -0.465 e. The molecule has 3 aromatic rings. The molecule has 4 amide bonds. The number of amides is 4. The van der Waals surface area contributed by atoms with E-state index in [0.29, 0.717) is 54.2 Å². The summed E-state index contributed by atoms with van der Waals surface area (Å²) in [6, 6.07) is 8.15. The second kappa shape index (κ2) is 21.5. The Kier molecular flexibility index (Phi) is 17.5. The highest BCUT2D eigenvalue weighted by Gasteiger charge is 2.18.